The molecule has 0 aromatic heterocycles. The van der Waals surface area contributed by atoms with Gasteiger partial charge in [0.25, 0.3) is 0 Å². The zero-order valence-corrected chi connectivity index (χ0v) is 9.95. The van der Waals surface area contributed by atoms with Gasteiger partial charge in [-0.3, -0.25) is 4.79 Å². The van der Waals surface area contributed by atoms with Crippen LogP contribution in [0.15, 0.2) is 24.3 Å². The summed E-state index contributed by atoms with van der Waals surface area (Å²) >= 11 is 5.54. The normalized spacial score (nSPS) is 10.4. The molecule has 0 spiro atoms. The summed E-state index contributed by atoms with van der Waals surface area (Å²) in [7, 11) is 1.53. The Morgan fingerprint density at radius 1 is 1.44 bits per heavy atom. The van der Waals surface area contributed by atoms with E-state index >= 15 is 0 Å². The maximum atomic E-state index is 10.8. The Balaban J connectivity index is 2.96. The molecule has 0 N–H and O–H groups in total. The van der Waals surface area contributed by atoms with Gasteiger partial charge in [0.05, 0.1) is 7.11 Å². The fourth-order valence-corrected chi connectivity index (χ4v) is 1.30. The molecule has 1 aromatic rings. The maximum Gasteiger partial charge on any atom is 0.308 e. The topological polar surface area (TPSA) is 35.5 Å². The predicted molar refractivity (Wildman–Crippen MR) is 64.1 cm³/mol. The Labute approximate surface area is 99.6 Å². The average molecular weight is 241 g/mol. The van der Waals surface area contributed by atoms with Gasteiger partial charge in [0.1, 0.15) is 0 Å². The quantitative estimate of drug-likeness (QED) is 0.461. The molecule has 86 valence electrons. The SMILES string of the molecule is COc1cc(/C=C/CCl)ccc1OC(C)=O. The van der Waals surface area contributed by atoms with Crippen molar-refractivity contribution < 1.29 is 14.3 Å². The van der Waals surface area contributed by atoms with Crippen LogP contribution >= 0.6 is 11.6 Å². The van der Waals surface area contributed by atoms with Gasteiger partial charge < -0.3 is 9.47 Å². The number of hydrogen-bond donors (Lipinski definition) is 0. The number of ether oxygens (including phenoxy) is 2. The molecule has 0 aliphatic rings. The van der Waals surface area contributed by atoms with Crippen LogP contribution in [0.1, 0.15) is 12.5 Å². The Bertz CT molecular complexity index is 399. The molecule has 16 heavy (non-hydrogen) atoms. The van der Waals surface area contributed by atoms with Crippen LogP contribution in [0.5, 0.6) is 11.5 Å². The average Bonchev–Trinajstić information content (AvgIpc) is 2.27. The predicted octanol–water partition coefficient (Wildman–Crippen LogP) is 2.87. The van der Waals surface area contributed by atoms with E-state index in [-0.39, 0.29) is 5.97 Å². The van der Waals surface area contributed by atoms with Gasteiger partial charge in [0, 0.05) is 12.8 Å². The molecule has 0 saturated carbocycles. The number of rotatable bonds is 4. The highest BCUT2D eigenvalue weighted by Gasteiger charge is 2.06. The Kier molecular flexibility index (Phi) is 4.86. The summed E-state index contributed by atoms with van der Waals surface area (Å²) in [6, 6.07) is 5.29. The number of halogens is 1. The highest BCUT2D eigenvalue weighted by atomic mass is 35.5. The van der Waals surface area contributed by atoms with Crippen molar-refractivity contribution in [3.63, 3.8) is 0 Å². The van der Waals surface area contributed by atoms with E-state index in [0.717, 1.165) is 5.56 Å². The first-order valence-corrected chi connectivity index (χ1v) is 5.29. The largest absolute Gasteiger partial charge is 0.493 e. The first-order valence-electron chi connectivity index (χ1n) is 4.76. The lowest BCUT2D eigenvalue weighted by atomic mass is 10.2. The number of esters is 1. The number of allylic oxidation sites excluding steroid dienone is 1. The molecule has 0 atom stereocenters. The van der Waals surface area contributed by atoms with E-state index in [0.29, 0.717) is 17.4 Å². The van der Waals surface area contributed by atoms with Crippen molar-refractivity contribution in [2.45, 2.75) is 6.92 Å². The van der Waals surface area contributed by atoms with Gasteiger partial charge in [-0.2, -0.15) is 0 Å². The van der Waals surface area contributed by atoms with E-state index in [4.69, 9.17) is 21.1 Å². The Morgan fingerprint density at radius 3 is 2.75 bits per heavy atom. The van der Waals surface area contributed by atoms with Gasteiger partial charge in [0.2, 0.25) is 0 Å². The second-order valence-electron chi connectivity index (χ2n) is 3.06. The maximum absolute atomic E-state index is 10.8. The van der Waals surface area contributed by atoms with Gasteiger partial charge >= 0.3 is 5.97 Å². The van der Waals surface area contributed by atoms with Crippen LogP contribution in [-0.2, 0) is 4.79 Å². The van der Waals surface area contributed by atoms with Gasteiger partial charge in [0.15, 0.2) is 11.5 Å². The van der Waals surface area contributed by atoms with Crippen molar-refractivity contribution in [1.29, 1.82) is 0 Å². The molecule has 0 radical (unpaired) electrons. The molecule has 0 saturated heterocycles. The second kappa shape index (κ2) is 6.18. The van der Waals surface area contributed by atoms with Crippen molar-refractivity contribution in [3.05, 3.63) is 29.8 Å². The van der Waals surface area contributed by atoms with E-state index in [2.05, 4.69) is 0 Å². The molecular formula is C12H13ClO3. The Morgan fingerprint density at radius 2 is 2.19 bits per heavy atom. The molecule has 0 fully saturated rings. The van der Waals surface area contributed by atoms with Gasteiger partial charge in [-0.25, -0.2) is 0 Å². The lowest BCUT2D eigenvalue weighted by molar-refractivity contribution is -0.132. The summed E-state index contributed by atoms with van der Waals surface area (Å²) in [6.07, 6.45) is 3.69. The summed E-state index contributed by atoms with van der Waals surface area (Å²) < 4.78 is 10.1. The molecule has 3 nitrogen and oxygen atoms in total. The number of carbonyl (C=O) groups excluding carboxylic acids is 1. The first kappa shape index (κ1) is 12.6. The number of alkyl halides is 1. The first-order chi connectivity index (χ1) is 7.67. The smallest absolute Gasteiger partial charge is 0.308 e. The fourth-order valence-electron chi connectivity index (χ4n) is 1.21. The van der Waals surface area contributed by atoms with E-state index in [1.807, 2.05) is 18.2 Å². The molecule has 1 aromatic carbocycles. The van der Waals surface area contributed by atoms with Crippen LogP contribution in [-0.4, -0.2) is 19.0 Å². The third kappa shape index (κ3) is 3.59. The summed E-state index contributed by atoms with van der Waals surface area (Å²) in [4.78, 5) is 10.8. The van der Waals surface area contributed by atoms with E-state index < -0.39 is 0 Å². The van der Waals surface area contributed by atoms with E-state index in [9.17, 15) is 4.79 Å². The number of methoxy groups -OCH3 is 1. The lowest BCUT2D eigenvalue weighted by Crippen LogP contribution is -2.02. The molecule has 4 heteroatoms. The van der Waals surface area contributed by atoms with Crippen LogP contribution in [0.25, 0.3) is 6.08 Å². The van der Waals surface area contributed by atoms with Crippen LogP contribution in [0.3, 0.4) is 0 Å². The molecule has 0 aliphatic heterocycles. The molecule has 0 amide bonds. The monoisotopic (exact) mass is 240 g/mol. The molecule has 0 bridgehead atoms. The van der Waals surface area contributed by atoms with E-state index in [1.54, 1.807) is 12.1 Å². The molecule has 0 aliphatic carbocycles. The summed E-state index contributed by atoms with van der Waals surface area (Å²) in [5, 5.41) is 0. The lowest BCUT2D eigenvalue weighted by Gasteiger charge is -2.08. The molecular weight excluding hydrogens is 228 g/mol. The molecule has 0 unspecified atom stereocenters. The standard InChI is InChI=1S/C12H13ClO3/c1-9(14)16-11-6-5-10(4-3-7-13)8-12(11)15-2/h3-6,8H,7H2,1-2H3/b4-3+. The molecule has 1 rings (SSSR count). The Hall–Kier alpha value is -1.48. The summed E-state index contributed by atoms with van der Waals surface area (Å²) in [6.45, 7) is 1.35. The number of hydrogen-bond acceptors (Lipinski definition) is 3. The zero-order valence-electron chi connectivity index (χ0n) is 9.20. The van der Waals surface area contributed by atoms with Crippen LogP contribution < -0.4 is 9.47 Å². The van der Waals surface area contributed by atoms with Gasteiger partial charge in [-0.1, -0.05) is 18.2 Å². The van der Waals surface area contributed by atoms with Crippen molar-refractivity contribution >= 4 is 23.6 Å². The highest BCUT2D eigenvalue weighted by molar-refractivity contribution is 6.19. The van der Waals surface area contributed by atoms with Crippen molar-refractivity contribution in [1.82, 2.24) is 0 Å². The zero-order chi connectivity index (χ0) is 12.0. The number of carbonyl (C=O) groups is 1. The highest BCUT2D eigenvalue weighted by Crippen LogP contribution is 2.28. The van der Waals surface area contributed by atoms with Crippen LogP contribution in [0.4, 0.5) is 0 Å². The number of benzene rings is 1. The minimum Gasteiger partial charge on any atom is -0.493 e. The van der Waals surface area contributed by atoms with Crippen LogP contribution in [0.2, 0.25) is 0 Å². The minimum absolute atomic E-state index is 0.373. The van der Waals surface area contributed by atoms with Gasteiger partial charge in [-0.05, 0) is 17.7 Å². The minimum atomic E-state index is -0.373. The van der Waals surface area contributed by atoms with Crippen molar-refractivity contribution in [2.24, 2.45) is 0 Å². The van der Waals surface area contributed by atoms with Crippen molar-refractivity contribution in [3.8, 4) is 11.5 Å². The third-order valence-corrected chi connectivity index (χ3v) is 2.02. The summed E-state index contributed by atoms with van der Waals surface area (Å²) in [5.74, 6) is 1.01. The van der Waals surface area contributed by atoms with Crippen LogP contribution in [0, 0.1) is 0 Å². The summed E-state index contributed by atoms with van der Waals surface area (Å²) in [5.41, 5.74) is 0.938. The molecule has 0 heterocycles. The third-order valence-electron chi connectivity index (χ3n) is 1.84. The van der Waals surface area contributed by atoms with E-state index in [1.165, 1.54) is 14.0 Å². The van der Waals surface area contributed by atoms with Gasteiger partial charge in [-0.15, -0.1) is 11.6 Å². The fraction of sp³-hybridized carbons (Fsp3) is 0.250. The van der Waals surface area contributed by atoms with Crippen molar-refractivity contribution in [2.75, 3.05) is 13.0 Å². The second-order valence-corrected chi connectivity index (χ2v) is 3.37.